The highest BCUT2D eigenvalue weighted by molar-refractivity contribution is 5.29. The van der Waals surface area contributed by atoms with Gasteiger partial charge in [-0.1, -0.05) is 32.0 Å². The van der Waals surface area contributed by atoms with Crippen molar-refractivity contribution in [3.05, 3.63) is 35.4 Å². The van der Waals surface area contributed by atoms with E-state index >= 15 is 0 Å². The molecule has 0 fully saturated rings. The van der Waals surface area contributed by atoms with Crippen molar-refractivity contribution in [2.75, 3.05) is 0 Å². The van der Waals surface area contributed by atoms with E-state index in [-0.39, 0.29) is 11.5 Å². The number of hydrogen-bond acceptors (Lipinski definition) is 1. The summed E-state index contributed by atoms with van der Waals surface area (Å²) in [5, 5.41) is 9.01. The molecule has 0 radical (unpaired) electrons. The molecule has 0 spiro atoms. The fourth-order valence-corrected chi connectivity index (χ4v) is 1.35. The summed E-state index contributed by atoms with van der Waals surface area (Å²) in [5.74, 6) is -2.97. The highest BCUT2D eigenvalue weighted by atomic mass is 19.3. The first-order valence-electron chi connectivity index (χ1n) is 5.02. The van der Waals surface area contributed by atoms with Gasteiger partial charge in [0.05, 0.1) is 0 Å². The van der Waals surface area contributed by atoms with E-state index in [2.05, 4.69) is 0 Å². The predicted octanol–water partition coefficient (Wildman–Crippen LogP) is 3.28. The van der Waals surface area contributed by atoms with Crippen molar-refractivity contribution in [1.82, 2.24) is 0 Å². The molecule has 0 amide bonds. The van der Waals surface area contributed by atoms with Crippen molar-refractivity contribution < 1.29 is 13.9 Å². The Balaban J connectivity index is 3.10. The maximum absolute atomic E-state index is 13.5. The first-order valence-corrected chi connectivity index (χ1v) is 5.02. The van der Waals surface area contributed by atoms with E-state index in [0.717, 1.165) is 12.5 Å². The molecule has 3 heteroatoms. The van der Waals surface area contributed by atoms with Gasteiger partial charge < -0.3 is 5.11 Å². The van der Waals surface area contributed by atoms with E-state index in [1.165, 1.54) is 12.1 Å². The quantitative estimate of drug-likeness (QED) is 0.818. The fraction of sp³-hybridized carbons (Fsp3) is 0.500. The molecule has 1 rings (SSSR count). The van der Waals surface area contributed by atoms with Crippen molar-refractivity contribution in [2.24, 2.45) is 0 Å². The maximum atomic E-state index is 13.5. The summed E-state index contributed by atoms with van der Waals surface area (Å²) in [5.41, 5.74) is 0.733. The minimum atomic E-state index is -3.18. The van der Waals surface area contributed by atoms with Gasteiger partial charge in [-0.15, -0.1) is 0 Å². The summed E-state index contributed by atoms with van der Waals surface area (Å²) in [6.07, 6.45) is -1.67. The highest BCUT2D eigenvalue weighted by Crippen LogP contribution is 2.33. The van der Waals surface area contributed by atoms with Gasteiger partial charge in [0.25, 0.3) is 5.92 Å². The zero-order chi connectivity index (χ0) is 11.6. The van der Waals surface area contributed by atoms with Crippen molar-refractivity contribution in [1.29, 1.82) is 0 Å². The lowest BCUT2D eigenvalue weighted by atomic mass is 9.96. The molecule has 1 aromatic carbocycles. The first-order chi connectivity index (χ1) is 6.85. The molecular weight excluding hydrogens is 198 g/mol. The van der Waals surface area contributed by atoms with E-state index in [0.29, 0.717) is 0 Å². The topological polar surface area (TPSA) is 20.2 Å². The summed E-state index contributed by atoms with van der Waals surface area (Å²) in [7, 11) is 0. The monoisotopic (exact) mass is 214 g/mol. The number of alkyl halides is 2. The van der Waals surface area contributed by atoms with Gasteiger partial charge >= 0.3 is 0 Å². The third kappa shape index (κ3) is 2.53. The molecule has 15 heavy (non-hydrogen) atoms. The summed E-state index contributed by atoms with van der Waals surface area (Å²) in [6, 6.07) is 6.21. The van der Waals surface area contributed by atoms with Crippen LogP contribution in [0.15, 0.2) is 24.3 Å². The van der Waals surface area contributed by atoms with Crippen LogP contribution in [-0.4, -0.2) is 11.2 Å². The molecule has 0 aliphatic heterocycles. The lowest BCUT2D eigenvalue weighted by Gasteiger charge is -2.20. The molecule has 1 atom stereocenters. The van der Waals surface area contributed by atoms with Crippen LogP contribution in [0, 0.1) is 0 Å². The SMILES string of the molecule is CC(C)c1cccc(C(F)(F)[C@@H](C)O)c1. The van der Waals surface area contributed by atoms with Crippen LogP contribution in [-0.2, 0) is 5.92 Å². The third-order valence-corrected chi connectivity index (χ3v) is 2.46. The van der Waals surface area contributed by atoms with Crippen LogP contribution in [0.25, 0.3) is 0 Å². The molecule has 0 aromatic heterocycles. The average molecular weight is 214 g/mol. The second kappa shape index (κ2) is 4.27. The van der Waals surface area contributed by atoms with E-state index in [4.69, 9.17) is 5.11 Å². The molecule has 1 nitrogen and oxygen atoms in total. The van der Waals surface area contributed by atoms with Gasteiger partial charge in [0, 0.05) is 5.56 Å². The van der Waals surface area contributed by atoms with Crippen LogP contribution < -0.4 is 0 Å². The number of hydrogen-bond donors (Lipinski definition) is 1. The van der Waals surface area contributed by atoms with Crippen molar-refractivity contribution in [3.63, 3.8) is 0 Å². The lowest BCUT2D eigenvalue weighted by Crippen LogP contribution is -2.28. The zero-order valence-electron chi connectivity index (χ0n) is 9.17. The van der Waals surface area contributed by atoms with Gasteiger partial charge in [-0.3, -0.25) is 0 Å². The van der Waals surface area contributed by atoms with Crippen molar-refractivity contribution in [2.45, 2.75) is 38.7 Å². The number of halogens is 2. The number of aliphatic hydroxyl groups is 1. The van der Waals surface area contributed by atoms with Crippen LogP contribution in [0.5, 0.6) is 0 Å². The Morgan fingerprint density at radius 3 is 2.27 bits per heavy atom. The summed E-state index contributed by atoms with van der Waals surface area (Å²) < 4.78 is 26.9. The Morgan fingerprint density at radius 1 is 1.20 bits per heavy atom. The smallest absolute Gasteiger partial charge is 0.298 e. The minimum absolute atomic E-state index is 0.122. The molecule has 1 N–H and O–H groups in total. The lowest BCUT2D eigenvalue weighted by molar-refractivity contribution is -0.106. The van der Waals surface area contributed by atoms with E-state index in [9.17, 15) is 8.78 Å². The summed E-state index contributed by atoms with van der Waals surface area (Å²) >= 11 is 0. The van der Waals surface area contributed by atoms with Crippen LogP contribution >= 0.6 is 0 Å². The maximum Gasteiger partial charge on any atom is 0.298 e. The molecule has 0 bridgehead atoms. The van der Waals surface area contributed by atoms with Crippen LogP contribution in [0.3, 0.4) is 0 Å². The Bertz CT molecular complexity index is 332. The summed E-state index contributed by atoms with van der Waals surface area (Å²) in [4.78, 5) is 0. The average Bonchev–Trinajstić information content (AvgIpc) is 2.17. The van der Waals surface area contributed by atoms with Gasteiger partial charge in [0.1, 0.15) is 6.10 Å². The molecule has 0 saturated carbocycles. The number of aliphatic hydroxyl groups excluding tert-OH is 1. The molecular formula is C12H16F2O. The van der Waals surface area contributed by atoms with Gasteiger partial charge in [-0.25, -0.2) is 0 Å². The molecule has 0 saturated heterocycles. The zero-order valence-corrected chi connectivity index (χ0v) is 9.17. The molecule has 0 heterocycles. The Morgan fingerprint density at radius 2 is 1.80 bits per heavy atom. The molecule has 0 unspecified atom stereocenters. The van der Waals surface area contributed by atoms with Gasteiger partial charge in [-0.05, 0) is 24.5 Å². The largest absolute Gasteiger partial charge is 0.387 e. The summed E-state index contributed by atoms with van der Waals surface area (Å²) in [6.45, 7) is 4.99. The molecule has 1 aromatic rings. The van der Waals surface area contributed by atoms with Crippen molar-refractivity contribution >= 4 is 0 Å². The van der Waals surface area contributed by atoms with Gasteiger partial charge in [0.2, 0.25) is 0 Å². The Hall–Kier alpha value is -0.960. The fourth-order valence-electron chi connectivity index (χ4n) is 1.35. The number of benzene rings is 1. The van der Waals surface area contributed by atoms with Gasteiger partial charge in [0.15, 0.2) is 0 Å². The van der Waals surface area contributed by atoms with Gasteiger partial charge in [-0.2, -0.15) is 8.78 Å². The predicted molar refractivity (Wildman–Crippen MR) is 56.1 cm³/mol. The van der Waals surface area contributed by atoms with Crippen molar-refractivity contribution in [3.8, 4) is 0 Å². The van der Waals surface area contributed by atoms with Crippen LogP contribution in [0.2, 0.25) is 0 Å². The third-order valence-electron chi connectivity index (χ3n) is 2.46. The van der Waals surface area contributed by atoms with E-state index in [1.54, 1.807) is 6.07 Å². The van der Waals surface area contributed by atoms with Crippen LogP contribution in [0.4, 0.5) is 8.78 Å². The normalized spacial score (nSPS) is 14.3. The Labute approximate surface area is 88.7 Å². The minimum Gasteiger partial charge on any atom is -0.387 e. The number of rotatable bonds is 3. The Kier molecular flexibility index (Phi) is 3.45. The molecule has 0 aliphatic rings. The van der Waals surface area contributed by atoms with E-state index in [1.807, 2.05) is 19.9 Å². The molecule has 84 valence electrons. The van der Waals surface area contributed by atoms with E-state index < -0.39 is 12.0 Å². The standard InChI is InChI=1S/C12H16F2O/c1-8(2)10-5-4-6-11(7-10)12(13,14)9(3)15/h4-9,15H,1-3H3/t9-/m1/s1. The second-order valence-electron chi connectivity index (χ2n) is 4.08. The van der Waals surface area contributed by atoms with Crippen LogP contribution in [0.1, 0.15) is 37.8 Å². The second-order valence-corrected chi connectivity index (χ2v) is 4.08. The first kappa shape index (κ1) is 12.1. The molecule has 0 aliphatic carbocycles. The highest BCUT2D eigenvalue weighted by Gasteiger charge is 2.37.